The zero-order chi connectivity index (χ0) is 10.3. The second-order valence-electron chi connectivity index (χ2n) is 5.87. The van der Waals surface area contributed by atoms with Gasteiger partial charge in [-0.3, -0.25) is 0 Å². The van der Waals surface area contributed by atoms with Crippen LogP contribution in [0.3, 0.4) is 0 Å². The van der Waals surface area contributed by atoms with E-state index in [1.807, 2.05) is 0 Å². The highest BCUT2D eigenvalue weighted by molar-refractivity contribution is 5.02. The van der Waals surface area contributed by atoms with E-state index in [1.54, 1.807) is 0 Å². The van der Waals surface area contributed by atoms with Crippen molar-refractivity contribution in [2.45, 2.75) is 57.1 Å². The summed E-state index contributed by atoms with van der Waals surface area (Å²) in [7, 11) is 2.31. The SMILES string of the molecule is CN(C[C@H]1CO1)C1CCC12CCCCC2. The minimum absolute atomic E-state index is 0.566. The molecular weight excluding hydrogens is 186 g/mol. The normalized spacial score (nSPS) is 38.0. The van der Waals surface area contributed by atoms with Crippen LogP contribution in [0.2, 0.25) is 0 Å². The molecule has 2 heteroatoms. The Labute approximate surface area is 93.0 Å². The van der Waals surface area contributed by atoms with Crippen LogP contribution < -0.4 is 0 Å². The maximum Gasteiger partial charge on any atom is 0.0936 e. The molecule has 0 aromatic rings. The fraction of sp³-hybridized carbons (Fsp3) is 1.00. The Kier molecular flexibility index (Phi) is 2.52. The Hall–Kier alpha value is -0.0800. The predicted octanol–water partition coefficient (Wildman–Crippen LogP) is 2.43. The van der Waals surface area contributed by atoms with E-state index < -0.39 is 0 Å². The van der Waals surface area contributed by atoms with Gasteiger partial charge in [0.1, 0.15) is 0 Å². The van der Waals surface area contributed by atoms with Crippen LogP contribution >= 0.6 is 0 Å². The zero-order valence-corrected chi connectivity index (χ0v) is 9.87. The van der Waals surface area contributed by atoms with Crippen LogP contribution in [0.5, 0.6) is 0 Å². The Bertz CT molecular complexity index is 231. The maximum absolute atomic E-state index is 5.33. The molecule has 0 aromatic carbocycles. The van der Waals surface area contributed by atoms with Crippen LogP contribution in [0, 0.1) is 5.41 Å². The number of hydrogen-bond donors (Lipinski definition) is 0. The van der Waals surface area contributed by atoms with Gasteiger partial charge >= 0.3 is 0 Å². The highest BCUT2D eigenvalue weighted by Crippen LogP contribution is 2.53. The molecule has 2 atom stereocenters. The molecular formula is C13H23NO. The van der Waals surface area contributed by atoms with Crippen LogP contribution in [-0.4, -0.2) is 37.2 Å². The summed E-state index contributed by atoms with van der Waals surface area (Å²) >= 11 is 0. The highest BCUT2D eigenvalue weighted by atomic mass is 16.6. The van der Waals surface area contributed by atoms with Crippen molar-refractivity contribution in [3.05, 3.63) is 0 Å². The summed E-state index contributed by atoms with van der Waals surface area (Å²) in [5, 5.41) is 0. The largest absolute Gasteiger partial charge is 0.372 e. The van der Waals surface area contributed by atoms with E-state index in [9.17, 15) is 0 Å². The number of hydrogen-bond acceptors (Lipinski definition) is 2. The first-order chi connectivity index (χ1) is 7.30. The fourth-order valence-corrected chi connectivity index (χ4v) is 3.83. The van der Waals surface area contributed by atoms with E-state index in [2.05, 4.69) is 11.9 Å². The summed E-state index contributed by atoms with van der Waals surface area (Å²) < 4.78 is 5.33. The number of likely N-dealkylation sites (N-methyl/N-ethyl adjacent to an activating group) is 1. The molecule has 1 aliphatic heterocycles. The Balaban J connectivity index is 1.59. The van der Waals surface area contributed by atoms with Gasteiger partial charge in [0.2, 0.25) is 0 Å². The van der Waals surface area contributed by atoms with Gasteiger partial charge in [-0.2, -0.15) is 0 Å². The van der Waals surface area contributed by atoms with Crippen LogP contribution in [-0.2, 0) is 4.74 Å². The minimum atomic E-state index is 0.566. The summed E-state index contributed by atoms with van der Waals surface area (Å²) in [6.45, 7) is 2.18. The first-order valence-electron chi connectivity index (χ1n) is 6.62. The maximum atomic E-state index is 5.33. The summed E-state index contributed by atoms with van der Waals surface area (Å²) in [6.07, 6.45) is 10.9. The first-order valence-corrected chi connectivity index (χ1v) is 6.62. The van der Waals surface area contributed by atoms with Crippen LogP contribution in [0.25, 0.3) is 0 Å². The third kappa shape index (κ3) is 1.83. The van der Waals surface area contributed by atoms with Gasteiger partial charge in [0.25, 0.3) is 0 Å². The minimum Gasteiger partial charge on any atom is -0.372 e. The average molecular weight is 209 g/mol. The average Bonchev–Trinajstić information content (AvgIpc) is 3.01. The van der Waals surface area contributed by atoms with Crippen molar-refractivity contribution in [2.24, 2.45) is 5.41 Å². The molecule has 0 aromatic heterocycles. The van der Waals surface area contributed by atoms with Gasteiger partial charge < -0.3 is 9.64 Å². The van der Waals surface area contributed by atoms with Crippen molar-refractivity contribution in [2.75, 3.05) is 20.2 Å². The van der Waals surface area contributed by atoms with Crippen molar-refractivity contribution in [3.8, 4) is 0 Å². The van der Waals surface area contributed by atoms with Gasteiger partial charge in [0.05, 0.1) is 12.7 Å². The molecule has 15 heavy (non-hydrogen) atoms. The fourth-order valence-electron chi connectivity index (χ4n) is 3.83. The van der Waals surface area contributed by atoms with Crippen molar-refractivity contribution in [1.29, 1.82) is 0 Å². The molecule has 1 spiro atoms. The van der Waals surface area contributed by atoms with Crippen LogP contribution in [0.1, 0.15) is 44.9 Å². The molecule has 0 radical (unpaired) electrons. The smallest absolute Gasteiger partial charge is 0.0936 e. The molecule has 2 nitrogen and oxygen atoms in total. The van der Waals surface area contributed by atoms with Gasteiger partial charge in [0, 0.05) is 12.6 Å². The summed E-state index contributed by atoms with van der Waals surface area (Å²) in [4.78, 5) is 2.59. The number of epoxide rings is 1. The number of rotatable bonds is 3. The molecule has 1 saturated heterocycles. The van der Waals surface area contributed by atoms with Crippen molar-refractivity contribution in [3.63, 3.8) is 0 Å². The van der Waals surface area contributed by atoms with Gasteiger partial charge in [-0.05, 0) is 38.1 Å². The van der Waals surface area contributed by atoms with Gasteiger partial charge in [-0.1, -0.05) is 19.3 Å². The highest BCUT2D eigenvalue weighted by Gasteiger charge is 2.49. The Morgan fingerprint density at radius 2 is 1.93 bits per heavy atom. The van der Waals surface area contributed by atoms with Crippen molar-refractivity contribution in [1.82, 2.24) is 4.90 Å². The molecule has 0 amide bonds. The third-order valence-corrected chi connectivity index (χ3v) is 4.90. The second kappa shape index (κ2) is 3.74. The molecule has 3 fully saturated rings. The molecule has 2 aliphatic carbocycles. The van der Waals surface area contributed by atoms with E-state index in [1.165, 1.54) is 51.5 Å². The lowest BCUT2D eigenvalue weighted by atomic mass is 9.57. The predicted molar refractivity (Wildman–Crippen MR) is 60.9 cm³/mol. The van der Waals surface area contributed by atoms with Gasteiger partial charge in [0.15, 0.2) is 0 Å². The standard InChI is InChI=1S/C13H23NO/c1-14(9-11-10-15-11)12-5-8-13(12)6-3-2-4-7-13/h11-12H,2-10H2,1H3/t11-,12?/m0/s1. The summed E-state index contributed by atoms with van der Waals surface area (Å²) in [6, 6.07) is 0.877. The van der Waals surface area contributed by atoms with Crippen molar-refractivity contribution >= 4 is 0 Å². The lowest BCUT2D eigenvalue weighted by Crippen LogP contribution is -2.55. The molecule has 1 heterocycles. The Morgan fingerprint density at radius 3 is 2.47 bits per heavy atom. The molecule has 3 rings (SSSR count). The number of ether oxygens (including phenoxy) is 1. The van der Waals surface area contributed by atoms with E-state index >= 15 is 0 Å². The quantitative estimate of drug-likeness (QED) is 0.663. The summed E-state index contributed by atoms with van der Waals surface area (Å²) in [5.41, 5.74) is 0.724. The van der Waals surface area contributed by atoms with Crippen LogP contribution in [0.4, 0.5) is 0 Å². The lowest BCUT2D eigenvalue weighted by Gasteiger charge is -2.55. The molecule has 0 N–H and O–H groups in total. The molecule has 2 saturated carbocycles. The van der Waals surface area contributed by atoms with E-state index in [4.69, 9.17) is 4.74 Å². The van der Waals surface area contributed by atoms with E-state index in [-0.39, 0.29) is 0 Å². The molecule has 0 bridgehead atoms. The first kappa shape index (κ1) is 10.1. The zero-order valence-electron chi connectivity index (χ0n) is 9.87. The van der Waals surface area contributed by atoms with Gasteiger partial charge in [-0.15, -0.1) is 0 Å². The van der Waals surface area contributed by atoms with E-state index in [0.29, 0.717) is 6.10 Å². The third-order valence-electron chi connectivity index (χ3n) is 4.90. The second-order valence-corrected chi connectivity index (χ2v) is 5.87. The van der Waals surface area contributed by atoms with Crippen LogP contribution in [0.15, 0.2) is 0 Å². The molecule has 1 unspecified atom stereocenters. The molecule has 3 aliphatic rings. The summed E-state index contributed by atoms with van der Waals surface area (Å²) in [5.74, 6) is 0. The van der Waals surface area contributed by atoms with Gasteiger partial charge in [-0.25, -0.2) is 0 Å². The Morgan fingerprint density at radius 1 is 1.20 bits per heavy atom. The lowest BCUT2D eigenvalue weighted by molar-refractivity contribution is -0.0435. The van der Waals surface area contributed by atoms with Crippen molar-refractivity contribution < 1.29 is 4.74 Å². The molecule has 86 valence electrons. The number of nitrogens with zero attached hydrogens (tertiary/aromatic N) is 1. The topological polar surface area (TPSA) is 15.8 Å². The monoisotopic (exact) mass is 209 g/mol. The van der Waals surface area contributed by atoms with E-state index in [0.717, 1.165) is 18.1 Å².